The number of fused-ring (bicyclic) bond motifs is 1. The van der Waals surface area contributed by atoms with Gasteiger partial charge in [-0.05, 0) is 49.4 Å². The van der Waals surface area contributed by atoms with Gasteiger partial charge in [-0.15, -0.1) is 0 Å². The first-order chi connectivity index (χ1) is 17.1. The van der Waals surface area contributed by atoms with Crippen LogP contribution in [0.15, 0.2) is 78.9 Å². The van der Waals surface area contributed by atoms with Gasteiger partial charge < -0.3 is 14.8 Å². The van der Waals surface area contributed by atoms with Crippen molar-refractivity contribution in [2.24, 2.45) is 0 Å². The Kier molecular flexibility index (Phi) is 6.59. The van der Waals surface area contributed by atoms with Crippen LogP contribution in [-0.2, 0) is 13.1 Å². The molecule has 5 rings (SSSR count). The van der Waals surface area contributed by atoms with Crippen molar-refractivity contribution in [3.63, 3.8) is 0 Å². The lowest BCUT2D eigenvalue weighted by Crippen LogP contribution is -2.48. The molecular formula is C28H29N5O2. The van der Waals surface area contributed by atoms with Crippen LogP contribution in [0.1, 0.15) is 33.5 Å². The van der Waals surface area contributed by atoms with Crippen LogP contribution in [0.3, 0.4) is 0 Å². The molecule has 35 heavy (non-hydrogen) atoms. The Morgan fingerprint density at radius 1 is 0.857 bits per heavy atom. The summed E-state index contributed by atoms with van der Waals surface area (Å²) in [6, 6.07) is 24.5. The van der Waals surface area contributed by atoms with E-state index in [1.165, 1.54) is 0 Å². The Hall–Kier alpha value is -3.97. The number of anilines is 1. The van der Waals surface area contributed by atoms with E-state index in [4.69, 9.17) is 4.98 Å². The first-order valence-corrected chi connectivity index (χ1v) is 12.0. The number of carbonyl (C=O) groups is 2. The Labute approximate surface area is 205 Å². The number of imidazole rings is 1. The topological polar surface area (TPSA) is 70.5 Å². The maximum Gasteiger partial charge on any atom is 0.255 e. The number of hydrogen-bond acceptors (Lipinski definition) is 4. The van der Waals surface area contributed by atoms with Gasteiger partial charge in [-0.1, -0.05) is 36.4 Å². The van der Waals surface area contributed by atoms with Crippen LogP contribution in [0.25, 0.3) is 11.0 Å². The molecule has 0 aliphatic carbocycles. The number of rotatable bonds is 6. The van der Waals surface area contributed by atoms with E-state index in [0.29, 0.717) is 18.7 Å². The van der Waals surface area contributed by atoms with Gasteiger partial charge in [0, 0.05) is 49.5 Å². The molecule has 0 atom stereocenters. The summed E-state index contributed by atoms with van der Waals surface area (Å²) in [4.78, 5) is 34.5. The first-order valence-electron chi connectivity index (χ1n) is 12.0. The third-order valence-corrected chi connectivity index (χ3v) is 6.48. The molecule has 0 saturated carbocycles. The molecule has 0 radical (unpaired) electrons. The largest absolute Gasteiger partial charge is 0.336 e. The van der Waals surface area contributed by atoms with Crippen molar-refractivity contribution in [1.29, 1.82) is 0 Å². The van der Waals surface area contributed by atoms with E-state index in [0.717, 1.165) is 54.3 Å². The zero-order valence-electron chi connectivity index (χ0n) is 19.9. The van der Waals surface area contributed by atoms with Crippen molar-refractivity contribution in [1.82, 2.24) is 19.4 Å². The minimum Gasteiger partial charge on any atom is -0.336 e. The molecule has 1 N–H and O–H groups in total. The second-order valence-electron chi connectivity index (χ2n) is 8.73. The third kappa shape index (κ3) is 4.95. The van der Waals surface area contributed by atoms with Gasteiger partial charge in [0.05, 0.1) is 17.6 Å². The van der Waals surface area contributed by atoms with Crippen LogP contribution in [0.5, 0.6) is 0 Å². The lowest BCUT2D eigenvalue weighted by molar-refractivity contribution is 0.0624. The predicted molar refractivity (Wildman–Crippen MR) is 137 cm³/mol. The second-order valence-corrected chi connectivity index (χ2v) is 8.73. The molecule has 178 valence electrons. The van der Waals surface area contributed by atoms with Crippen LogP contribution < -0.4 is 5.32 Å². The molecule has 1 fully saturated rings. The molecule has 4 aromatic rings. The summed E-state index contributed by atoms with van der Waals surface area (Å²) in [6.07, 6.45) is 0. The van der Waals surface area contributed by atoms with Gasteiger partial charge in [-0.25, -0.2) is 4.98 Å². The van der Waals surface area contributed by atoms with Gasteiger partial charge in [0.15, 0.2) is 0 Å². The number of aromatic nitrogens is 2. The van der Waals surface area contributed by atoms with Crippen molar-refractivity contribution < 1.29 is 9.59 Å². The van der Waals surface area contributed by atoms with Crippen LogP contribution in [0.2, 0.25) is 0 Å². The number of aryl methyl sites for hydroxylation is 1. The highest BCUT2D eigenvalue weighted by Gasteiger charge is 2.23. The van der Waals surface area contributed by atoms with Crippen molar-refractivity contribution in [2.75, 3.05) is 31.5 Å². The predicted octanol–water partition coefficient (Wildman–Crippen LogP) is 4.27. The summed E-state index contributed by atoms with van der Waals surface area (Å²) < 4.78 is 2.22. The normalized spacial score (nSPS) is 14.3. The van der Waals surface area contributed by atoms with Crippen molar-refractivity contribution in [3.8, 4) is 0 Å². The minimum atomic E-state index is -0.136. The number of amides is 2. The highest BCUT2D eigenvalue weighted by molar-refractivity contribution is 6.05. The molecule has 0 bridgehead atoms. The van der Waals surface area contributed by atoms with E-state index in [1.807, 2.05) is 71.6 Å². The van der Waals surface area contributed by atoms with Gasteiger partial charge in [0.2, 0.25) is 0 Å². The molecule has 1 aromatic heterocycles. The van der Waals surface area contributed by atoms with E-state index in [-0.39, 0.29) is 11.8 Å². The molecule has 1 saturated heterocycles. The van der Waals surface area contributed by atoms with E-state index in [9.17, 15) is 9.59 Å². The summed E-state index contributed by atoms with van der Waals surface area (Å²) in [6.45, 7) is 6.68. The molecule has 3 aromatic carbocycles. The molecule has 1 aliphatic rings. The molecule has 2 amide bonds. The number of hydrogen-bond donors (Lipinski definition) is 1. The van der Waals surface area contributed by atoms with E-state index < -0.39 is 0 Å². The Morgan fingerprint density at radius 3 is 2.17 bits per heavy atom. The Balaban J connectivity index is 1.26. The lowest BCUT2D eigenvalue weighted by atomic mass is 10.2. The molecule has 0 spiro atoms. The molecule has 7 nitrogen and oxygen atoms in total. The summed E-state index contributed by atoms with van der Waals surface area (Å²) in [5.74, 6) is 0.955. The first kappa shape index (κ1) is 22.8. The average molecular weight is 468 g/mol. The highest BCUT2D eigenvalue weighted by Crippen LogP contribution is 2.22. The van der Waals surface area contributed by atoms with E-state index in [1.54, 1.807) is 12.1 Å². The molecule has 1 aliphatic heterocycles. The summed E-state index contributed by atoms with van der Waals surface area (Å²) >= 11 is 0. The minimum absolute atomic E-state index is 0.0936. The zero-order valence-corrected chi connectivity index (χ0v) is 19.9. The molecule has 2 heterocycles. The Bertz CT molecular complexity index is 1330. The number of piperazine rings is 1. The van der Waals surface area contributed by atoms with Crippen LogP contribution >= 0.6 is 0 Å². The maximum absolute atomic E-state index is 12.7. The number of carbonyl (C=O) groups excluding carboxylic acids is 2. The summed E-state index contributed by atoms with van der Waals surface area (Å²) in [5.41, 5.74) is 4.01. The van der Waals surface area contributed by atoms with Crippen LogP contribution in [-0.4, -0.2) is 57.3 Å². The number of nitrogens with one attached hydrogen (secondary N) is 1. The second kappa shape index (κ2) is 10.1. The lowest BCUT2D eigenvalue weighted by Gasteiger charge is -2.34. The third-order valence-electron chi connectivity index (χ3n) is 6.48. The van der Waals surface area contributed by atoms with Gasteiger partial charge in [-0.3, -0.25) is 14.5 Å². The van der Waals surface area contributed by atoms with Gasteiger partial charge in [-0.2, -0.15) is 0 Å². The fourth-order valence-corrected chi connectivity index (χ4v) is 4.60. The van der Waals surface area contributed by atoms with Crippen molar-refractivity contribution in [3.05, 3.63) is 95.8 Å². The SMILES string of the molecule is CCn1c(CN2CCN(C(=O)c3ccccc3)CC2)nc2cc(NC(=O)c3ccccc3)ccc21. The van der Waals surface area contributed by atoms with E-state index >= 15 is 0 Å². The molecule has 7 heteroatoms. The van der Waals surface area contributed by atoms with Gasteiger partial charge in [0.25, 0.3) is 11.8 Å². The van der Waals surface area contributed by atoms with Gasteiger partial charge >= 0.3 is 0 Å². The fourth-order valence-electron chi connectivity index (χ4n) is 4.60. The standard InChI is InChI=1S/C28H29N5O2/c1-2-33-25-14-13-23(29-27(34)21-9-5-3-6-10-21)19-24(25)30-26(33)20-31-15-17-32(18-16-31)28(35)22-11-7-4-8-12-22/h3-14,19H,2,15-18,20H2,1H3,(H,29,34). The summed E-state index contributed by atoms with van der Waals surface area (Å²) in [7, 11) is 0. The number of nitrogens with zero attached hydrogens (tertiary/aromatic N) is 4. The fraction of sp³-hybridized carbons (Fsp3) is 0.250. The highest BCUT2D eigenvalue weighted by atomic mass is 16.2. The monoisotopic (exact) mass is 467 g/mol. The average Bonchev–Trinajstić information content (AvgIpc) is 3.25. The maximum atomic E-state index is 12.7. The number of benzene rings is 3. The summed E-state index contributed by atoms with van der Waals surface area (Å²) in [5, 5.41) is 2.97. The van der Waals surface area contributed by atoms with Crippen molar-refractivity contribution in [2.45, 2.75) is 20.0 Å². The van der Waals surface area contributed by atoms with Crippen molar-refractivity contribution >= 4 is 28.5 Å². The van der Waals surface area contributed by atoms with Gasteiger partial charge in [0.1, 0.15) is 5.82 Å². The quantitative estimate of drug-likeness (QED) is 0.460. The molecule has 0 unspecified atom stereocenters. The van der Waals surface area contributed by atoms with Crippen LogP contribution in [0.4, 0.5) is 5.69 Å². The smallest absolute Gasteiger partial charge is 0.255 e. The molecular weight excluding hydrogens is 438 g/mol. The van der Waals surface area contributed by atoms with Crippen LogP contribution in [0, 0.1) is 0 Å². The Morgan fingerprint density at radius 2 is 1.51 bits per heavy atom. The van der Waals surface area contributed by atoms with E-state index in [2.05, 4.69) is 21.7 Å². The zero-order chi connectivity index (χ0) is 24.2.